The van der Waals surface area contributed by atoms with Gasteiger partial charge < -0.3 is 0 Å². The summed E-state index contributed by atoms with van der Waals surface area (Å²) < 4.78 is 39.1. The molecule has 1 heterocycles. The van der Waals surface area contributed by atoms with Gasteiger partial charge in [-0.25, -0.2) is 4.68 Å². The summed E-state index contributed by atoms with van der Waals surface area (Å²) in [6, 6.07) is 1.66. The van der Waals surface area contributed by atoms with Crippen LogP contribution in [-0.2, 0) is 19.1 Å². The third-order valence-corrected chi connectivity index (χ3v) is 2.45. The van der Waals surface area contributed by atoms with Gasteiger partial charge in [0.2, 0.25) is 0 Å². The Labute approximate surface area is 89.7 Å². The monoisotopic (exact) mass is 230 g/mol. The van der Waals surface area contributed by atoms with Crippen molar-refractivity contribution in [3.05, 3.63) is 11.4 Å². The summed E-state index contributed by atoms with van der Waals surface area (Å²) in [5, 5.41) is 15.3. The molecule has 16 heavy (non-hydrogen) atoms. The zero-order chi connectivity index (χ0) is 11.8. The maximum atomic E-state index is 12.7. The molecule has 1 fully saturated rings. The molecule has 0 saturated heterocycles. The number of nitriles is 1. The van der Waals surface area contributed by atoms with Gasteiger partial charge in [0.1, 0.15) is 5.69 Å². The van der Waals surface area contributed by atoms with Crippen molar-refractivity contribution in [3.63, 3.8) is 0 Å². The Morgan fingerprint density at radius 3 is 2.62 bits per heavy atom. The van der Waals surface area contributed by atoms with E-state index in [2.05, 4.69) is 10.3 Å². The third kappa shape index (κ3) is 2.15. The third-order valence-electron chi connectivity index (χ3n) is 2.45. The number of halogens is 3. The first kappa shape index (κ1) is 10.9. The van der Waals surface area contributed by atoms with Crippen LogP contribution in [0.2, 0.25) is 0 Å². The molecule has 0 aliphatic heterocycles. The van der Waals surface area contributed by atoms with Gasteiger partial charge >= 0.3 is 6.18 Å². The van der Waals surface area contributed by atoms with Gasteiger partial charge in [0.15, 0.2) is 5.69 Å². The standard InChI is InChI=1S/C9H9F3N4/c10-9(11,12)8-7(3-4-13)14-15-16(8)5-6-1-2-6/h6H,1-3,5H2. The molecule has 0 unspecified atom stereocenters. The molecule has 1 saturated carbocycles. The summed E-state index contributed by atoms with van der Waals surface area (Å²) in [6.45, 7) is 0.243. The van der Waals surface area contributed by atoms with E-state index in [0.29, 0.717) is 0 Å². The van der Waals surface area contributed by atoms with E-state index >= 15 is 0 Å². The van der Waals surface area contributed by atoms with E-state index in [4.69, 9.17) is 5.26 Å². The topological polar surface area (TPSA) is 54.5 Å². The van der Waals surface area contributed by atoms with Crippen LogP contribution in [0.15, 0.2) is 0 Å². The highest BCUT2D eigenvalue weighted by Gasteiger charge is 2.40. The first-order valence-corrected chi connectivity index (χ1v) is 4.89. The average molecular weight is 230 g/mol. The lowest BCUT2D eigenvalue weighted by Gasteiger charge is -2.09. The first-order valence-electron chi connectivity index (χ1n) is 4.89. The van der Waals surface area contributed by atoms with Crippen LogP contribution in [0.3, 0.4) is 0 Å². The molecule has 0 N–H and O–H groups in total. The predicted octanol–water partition coefficient (Wildman–Crippen LogP) is 1.77. The van der Waals surface area contributed by atoms with E-state index in [-0.39, 0.29) is 24.6 Å². The Hall–Kier alpha value is -1.58. The van der Waals surface area contributed by atoms with E-state index in [9.17, 15) is 13.2 Å². The number of hydrogen-bond donors (Lipinski definition) is 0. The molecule has 0 bridgehead atoms. The number of aromatic nitrogens is 3. The fraction of sp³-hybridized carbons (Fsp3) is 0.667. The van der Waals surface area contributed by atoms with E-state index in [1.807, 2.05) is 0 Å². The fourth-order valence-corrected chi connectivity index (χ4v) is 1.53. The second kappa shape index (κ2) is 3.77. The van der Waals surface area contributed by atoms with Crippen LogP contribution < -0.4 is 0 Å². The van der Waals surface area contributed by atoms with Gasteiger partial charge in [0, 0.05) is 6.54 Å². The summed E-state index contributed by atoms with van der Waals surface area (Å²) in [6.07, 6.45) is -2.99. The molecule has 0 aromatic carbocycles. The van der Waals surface area contributed by atoms with Crippen LogP contribution in [-0.4, -0.2) is 15.0 Å². The van der Waals surface area contributed by atoms with Crippen LogP contribution in [0, 0.1) is 17.2 Å². The van der Waals surface area contributed by atoms with Gasteiger partial charge in [0.05, 0.1) is 12.5 Å². The van der Waals surface area contributed by atoms with Crippen molar-refractivity contribution < 1.29 is 13.2 Å². The van der Waals surface area contributed by atoms with Gasteiger partial charge in [-0.1, -0.05) is 5.21 Å². The highest BCUT2D eigenvalue weighted by Crippen LogP contribution is 2.35. The lowest BCUT2D eigenvalue weighted by atomic mass is 10.2. The lowest BCUT2D eigenvalue weighted by molar-refractivity contribution is -0.144. The van der Waals surface area contributed by atoms with Crippen molar-refractivity contribution in [2.45, 2.75) is 32.0 Å². The molecule has 2 rings (SSSR count). The van der Waals surface area contributed by atoms with Crippen molar-refractivity contribution in [1.82, 2.24) is 15.0 Å². The quantitative estimate of drug-likeness (QED) is 0.795. The minimum Gasteiger partial charge on any atom is -0.240 e. The second-order valence-electron chi connectivity index (χ2n) is 3.84. The highest BCUT2D eigenvalue weighted by atomic mass is 19.4. The summed E-state index contributed by atoms with van der Waals surface area (Å²) >= 11 is 0. The first-order chi connectivity index (χ1) is 7.52. The van der Waals surface area contributed by atoms with Crippen molar-refractivity contribution in [3.8, 4) is 6.07 Å². The molecule has 4 nitrogen and oxygen atoms in total. The van der Waals surface area contributed by atoms with Gasteiger partial charge in [-0.05, 0) is 18.8 Å². The van der Waals surface area contributed by atoms with Crippen molar-refractivity contribution in [2.75, 3.05) is 0 Å². The minimum atomic E-state index is -4.50. The maximum absolute atomic E-state index is 12.7. The number of alkyl halides is 3. The number of nitrogens with zero attached hydrogens (tertiary/aromatic N) is 4. The largest absolute Gasteiger partial charge is 0.434 e. The smallest absolute Gasteiger partial charge is 0.240 e. The molecule has 7 heteroatoms. The molecule has 0 radical (unpaired) electrons. The molecule has 0 amide bonds. The average Bonchev–Trinajstić information content (AvgIpc) is 2.86. The Balaban J connectivity index is 2.33. The SMILES string of the molecule is N#CCc1nnn(CC2CC2)c1C(F)(F)F. The van der Waals surface area contributed by atoms with Gasteiger partial charge in [-0.15, -0.1) is 5.10 Å². The molecule has 1 aromatic heterocycles. The van der Waals surface area contributed by atoms with E-state index in [0.717, 1.165) is 17.5 Å². The molecule has 1 aliphatic carbocycles. The van der Waals surface area contributed by atoms with Crippen molar-refractivity contribution in [1.29, 1.82) is 5.26 Å². The van der Waals surface area contributed by atoms with Crippen LogP contribution in [0.25, 0.3) is 0 Å². The van der Waals surface area contributed by atoms with Gasteiger partial charge in [0.25, 0.3) is 0 Å². The van der Waals surface area contributed by atoms with Crippen molar-refractivity contribution in [2.24, 2.45) is 5.92 Å². The van der Waals surface area contributed by atoms with Gasteiger partial charge in [-0.3, -0.25) is 0 Å². The van der Waals surface area contributed by atoms with Crippen LogP contribution in [0.5, 0.6) is 0 Å². The minimum absolute atomic E-state index is 0.243. The number of hydrogen-bond acceptors (Lipinski definition) is 3. The van der Waals surface area contributed by atoms with E-state index in [1.165, 1.54) is 0 Å². The summed E-state index contributed by atoms with van der Waals surface area (Å²) in [5.74, 6) is 0.276. The van der Waals surface area contributed by atoms with Crippen LogP contribution in [0.4, 0.5) is 13.2 Å². The molecular formula is C9H9F3N4. The zero-order valence-electron chi connectivity index (χ0n) is 8.33. The zero-order valence-corrected chi connectivity index (χ0v) is 8.33. The molecule has 0 atom stereocenters. The Kier molecular flexibility index (Phi) is 2.58. The molecular weight excluding hydrogens is 221 g/mol. The Morgan fingerprint density at radius 2 is 2.12 bits per heavy atom. The summed E-state index contributed by atoms with van der Waals surface area (Å²) in [5.41, 5.74) is -1.16. The van der Waals surface area contributed by atoms with Crippen LogP contribution in [0.1, 0.15) is 24.2 Å². The molecule has 86 valence electrons. The fourth-order valence-electron chi connectivity index (χ4n) is 1.53. The Bertz CT molecular complexity index is 425. The van der Waals surface area contributed by atoms with E-state index in [1.54, 1.807) is 6.07 Å². The molecule has 0 spiro atoms. The maximum Gasteiger partial charge on any atom is 0.434 e. The molecule has 1 aliphatic rings. The summed E-state index contributed by atoms with van der Waals surface area (Å²) in [4.78, 5) is 0. The lowest BCUT2D eigenvalue weighted by Crippen LogP contribution is -2.17. The number of rotatable bonds is 3. The van der Waals surface area contributed by atoms with Gasteiger partial charge in [-0.2, -0.15) is 18.4 Å². The van der Waals surface area contributed by atoms with E-state index < -0.39 is 11.9 Å². The second-order valence-corrected chi connectivity index (χ2v) is 3.84. The van der Waals surface area contributed by atoms with Crippen LogP contribution >= 0.6 is 0 Å². The molecule has 1 aromatic rings. The normalized spacial score (nSPS) is 16.1. The van der Waals surface area contributed by atoms with Crippen molar-refractivity contribution >= 4 is 0 Å². The predicted molar refractivity (Wildman–Crippen MR) is 47.1 cm³/mol. The summed E-state index contributed by atoms with van der Waals surface area (Å²) in [7, 11) is 0. The Morgan fingerprint density at radius 1 is 1.44 bits per heavy atom. The highest BCUT2D eigenvalue weighted by molar-refractivity contribution is 5.17.